The Bertz CT molecular complexity index is 1090. The second-order valence-electron chi connectivity index (χ2n) is 8.06. The van der Waals surface area contributed by atoms with Gasteiger partial charge in [-0.05, 0) is 54.7 Å². The van der Waals surface area contributed by atoms with Gasteiger partial charge in [-0.15, -0.1) is 0 Å². The number of fused-ring (bicyclic) bond motifs is 5. The number of allylic oxidation sites excluding steroid dienone is 2. The molecule has 3 aliphatic rings. The standard InChI is InChI=1S/C23H17F3N2O3/c24-23(25,26)15-9-7-12(8-10-15)20(29)27-16-3-1-2-4-17(16)28-21(30)18-13-5-6-14(11-13)19(18)22(28)31/h1-10,13-14,18-19H,11H2,(H,27,29)/t13-,14+,18-,19+. The predicted molar refractivity (Wildman–Crippen MR) is 106 cm³/mol. The van der Waals surface area contributed by atoms with Gasteiger partial charge in [0.05, 0.1) is 28.8 Å². The van der Waals surface area contributed by atoms with Gasteiger partial charge < -0.3 is 5.32 Å². The molecule has 1 N–H and O–H groups in total. The van der Waals surface area contributed by atoms with Gasteiger partial charge in [-0.3, -0.25) is 14.4 Å². The van der Waals surface area contributed by atoms with Crippen molar-refractivity contribution in [3.05, 3.63) is 71.8 Å². The maximum absolute atomic E-state index is 13.1. The molecule has 0 radical (unpaired) electrons. The van der Waals surface area contributed by atoms with Crippen LogP contribution in [0.5, 0.6) is 0 Å². The van der Waals surface area contributed by atoms with E-state index in [0.29, 0.717) is 0 Å². The van der Waals surface area contributed by atoms with E-state index in [9.17, 15) is 27.6 Å². The maximum Gasteiger partial charge on any atom is 0.416 e. The van der Waals surface area contributed by atoms with E-state index in [4.69, 9.17) is 0 Å². The number of alkyl halides is 3. The van der Waals surface area contributed by atoms with Gasteiger partial charge in [0.2, 0.25) is 11.8 Å². The van der Waals surface area contributed by atoms with Gasteiger partial charge in [-0.2, -0.15) is 13.2 Å². The van der Waals surface area contributed by atoms with Gasteiger partial charge in [0, 0.05) is 5.56 Å². The van der Waals surface area contributed by atoms with Gasteiger partial charge in [0.15, 0.2) is 0 Å². The Labute approximate surface area is 175 Å². The summed E-state index contributed by atoms with van der Waals surface area (Å²) in [5.41, 5.74) is -0.311. The van der Waals surface area contributed by atoms with Gasteiger partial charge in [-0.1, -0.05) is 24.3 Å². The largest absolute Gasteiger partial charge is 0.416 e. The van der Waals surface area contributed by atoms with E-state index < -0.39 is 17.6 Å². The Hall–Kier alpha value is -3.42. The summed E-state index contributed by atoms with van der Waals surface area (Å²) in [5, 5.41) is 2.62. The molecular formula is C23H17F3N2O3. The van der Waals surface area contributed by atoms with Crippen molar-refractivity contribution in [2.75, 3.05) is 10.2 Å². The number of imide groups is 1. The minimum absolute atomic E-state index is 0.0287. The SMILES string of the molecule is O=C(Nc1ccccc1N1C(=O)[C@@H]2[C@H](C1=O)[C@@H]1C=C[C@H]2C1)c1ccc(C(F)(F)F)cc1. The summed E-state index contributed by atoms with van der Waals surface area (Å²) in [7, 11) is 0. The van der Waals surface area contributed by atoms with Crippen LogP contribution >= 0.6 is 0 Å². The quantitative estimate of drug-likeness (QED) is 0.589. The van der Waals surface area contributed by atoms with Crippen molar-refractivity contribution >= 4 is 29.1 Å². The van der Waals surface area contributed by atoms with Crippen molar-refractivity contribution in [2.45, 2.75) is 12.6 Å². The number of rotatable bonds is 3. The van der Waals surface area contributed by atoms with Crippen LogP contribution in [-0.2, 0) is 15.8 Å². The van der Waals surface area contributed by atoms with Crippen molar-refractivity contribution in [1.82, 2.24) is 0 Å². The van der Waals surface area contributed by atoms with Crippen LogP contribution in [0.2, 0.25) is 0 Å². The van der Waals surface area contributed by atoms with E-state index >= 15 is 0 Å². The lowest BCUT2D eigenvalue weighted by atomic mass is 9.85. The van der Waals surface area contributed by atoms with Crippen LogP contribution < -0.4 is 10.2 Å². The first-order valence-corrected chi connectivity index (χ1v) is 9.89. The molecule has 1 heterocycles. The highest BCUT2D eigenvalue weighted by Crippen LogP contribution is 2.53. The van der Waals surface area contributed by atoms with Crippen molar-refractivity contribution in [3.63, 3.8) is 0 Å². The third-order valence-electron chi connectivity index (χ3n) is 6.34. The van der Waals surface area contributed by atoms with Crippen LogP contribution in [0.3, 0.4) is 0 Å². The summed E-state index contributed by atoms with van der Waals surface area (Å²) in [6, 6.07) is 10.3. The minimum atomic E-state index is -4.50. The second-order valence-corrected chi connectivity index (χ2v) is 8.06. The van der Waals surface area contributed by atoms with Crippen molar-refractivity contribution in [3.8, 4) is 0 Å². The van der Waals surface area contributed by atoms with E-state index in [2.05, 4.69) is 5.32 Å². The van der Waals surface area contributed by atoms with E-state index in [1.165, 1.54) is 0 Å². The van der Waals surface area contributed by atoms with Gasteiger partial charge in [0.1, 0.15) is 0 Å². The van der Waals surface area contributed by atoms with E-state index in [-0.39, 0.29) is 52.4 Å². The Kier molecular flexibility index (Phi) is 4.28. The molecule has 5 rings (SSSR count). The number of nitrogens with zero attached hydrogens (tertiary/aromatic N) is 1. The monoisotopic (exact) mass is 426 g/mol. The van der Waals surface area contributed by atoms with E-state index in [0.717, 1.165) is 35.6 Å². The molecule has 2 aliphatic carbocycles. The topological polar surface area (TPSA) is 66.5 Å². The third kappa shape index (κ3) is 3.05. The highest BCUT2D eigenvalue weighted by atomic mass is 19.4. The summed E-state index contributed by atoms with van der Waals surface area (Å²) in [6.07, 6.45) is 0.314. The van der Waals surface area contributed by atoms with Crippen LogP contribution in [0.4, 0.5) is 24.5 Å². The summed E-state index contributed by atoms with van der Waals surface area (Å²) in [5.74, 6) is -1.81. The summed E-state index contributed by atoms with van der Waals surface area (Å²) in [6.45, 7) is 0. The number of hydrogen-bond acceptors (Lipinski definition) is 3. The molecule has 158 valence electrons. The lowest BCUT2D eigenvalue weighted by molar-refractivity contribution is -0.137. The molecule has 0 aromatic heterocycles. The first kappa shape index (κ1) is 19.5. The first-order chi connectivity index (χ1) is 14.8. The number of amides is 3. The number of benzene rings is 2. The highest BCUT2D eigenvalue weighted by molar-refractivity contribution is 6.24. The minimum Gasteiger partial charge on any atom is -0.320 e. The normalized spacial score (nSPS) is 26.5. The third-order valence-corrected chi connectivity index (χ3v) is 6.34. The molecule has 2 aromatic carbocycles. The molecule has 0 spiro atoms. The zero-order valence-electron chi connectivity index (χ0n) is 16.1. The summed E-state index contributed by atoms with van der Waals surface area (Å²) < 4.78 is 38.2. The van der Waals surface area contributed by atoms with Crippen LogP contribution in [-0.4, -0.2) is 17.7 Å². The molecule has 4 atom stereocenters. The number of hydrogen-bond donors (Lipinski definition) is 1. The Morgan fingerprint density at radius 1 is 0.903 bits per heavy atom. The van der Waals surface area contributed by atoms with Crippen molar-refractivity contribution < 1.29 is 27.6 Å². The molecule has 2 aromatic rings. The number of carbonyl (C=O) groups excluding carboxylic acids is 3. The predicted octanol–water partition coefficient (Wildman–Crippen LogP) is 4.27. The highest BCUT2D eigenvalue weighted by Gasteiger charge is 2.59. The molecule has 8 heteroatoms. The fourth-order valence-corrected chi connectivity index (χ4v) is 4.92. The van der Waals surface area contributed by atoms with Gasteiger partial charge in [-0.25, -0.2) is 4.90 Å². The molecule has 1 aliphatic heterocycles. The number of anilines is 2. The van der Waals surface area contributed by atoms with Crippen molar-refractivity contribution in [1.29, 1.82) is 0 Å². The fraction of sp³-hybridized carbons (Fsp3) is 0.261. The number of para-hydroxylation sites is 2. The van der Waals surface area contributed by atoms with Crippen molar-refractivity contribution in [2.24, 2.45) is 23.7 Å². The molecule has 3 amide bonds. The van der Waals surface area contributed by atoms with Crippen LogP contribution in [0.25, 0.3) is 0 Å². The number of halogens is 3. The Balaban J connectivity index is 1.41. The fourth-order valence-electron chi connectivity index (χ4n) is 4.92. The zero-order valence-corrected chi connectivity index (χ0v) is 16.1. The smallest absolute Gasteiger partial charge is 0.320 e. The average molecular weight is 426 g/mol. The van der Waals surface area contributed by atoms with Crippen LogP contribution in [0.1, 0.15) is 22.3 Å². The molecule has 2 bridgehead atoms. The summed E-state index contributed by atoms with van der Waals surface area (Å²) >= 11 is 0. The number of carbonyl (C=O) groups is 3. The Morgan fingerprint density at radius 3 is 2.06 bits per heavy atom. The molecule has 31 heavy (non-hydrogen) atoms. The first-order valence-electron chi connectivity index (χ1n) is 9.89. The zero-order chi connectivity index (χ0) is 21.9. The molecular weight excluding hydrogens is 409 g/mol. The maximum atomic E-state index is 13.1. The van der Waals surface area contributed by atoms with Crippen LogP contribution in [0.15, 0.2) is 60.7 Å². The second kappa shape index (κ2) is 6.80. The Morgan fingerprint density at radius 2 is 1.48 bits per heavy atom. The van der Waals surface area contributed by atoms with Gasteiger partial charge in [0.25, 0.3) is 5.91 Å². The molecule has 1 saturated carbocycles. The van der Waals surface area contributed by atoms with E-state index in [1.807, 2.05) is 12.2 Å². The molecule has 2 fully saturated rings. The average Bonchev–Trinajstić information content (AvgIpc) is 3.42. The molecule has 0 unspecified atom stereocenters. The van der Waals surface area contributed by atoms with E-state index in [1.54, 1.807) is 24.3 Å². The van der Waals surface area contributed by atoms with Crippen LogP contribution in [0, 0.1) is 23.7 Å². The number of nitrogens with one attached hydrogen (secondary N) is 1. The lowest BCUT2D eigenvalue weighted by Gasteiger charge is -2.21. The summed E-state index contributed by atoms with van der Waals surface area (Å²) in [4.78, 5) is 39.9. The molecule has 1 saturated heterocycles. The van der Waals surface area contributed by atoms with Gasteiger partial charge >= 0.3 is 6.18 Å². The lowest BCUT2D eigenvalue weighted by Crippen LogP contribution is -2.33. The molecule has 5 nitrogen and oxygen atoms in total.